The summed E-state index contributed by atoms with van der Waals surface area (Å²) in [6.07, 6.45) is 2.03. The smallest absolute Gasteiger partial charge is 0.279 e. The van der Waals surface area contributed by atoms with Crippen molar-refractivity contribution in [3.8, 4) is 0 Å². The van der Waals surface area contributed by atoms with E-state index in [1.54, 1.807) is 25.3 Å². The van der Waals surface area contributed by atoms with E-state index in [2.05, 4.69) is 9.71 Å². The maximum Gasteiger partial charge on any atom is 0.279 e. The Morgan fingerprint density at radius 1 is 1.50 bits per heavy atom. The van der Waals surface area contributed by atoms with E-state index in [0.717, 1.165) is 0 Å². The molecule has 0 spiro atoms. The fourth-order valence-corrected chi connectivity index (χ4v) is 2.54. The highest BCUT2D eigenvalue weighted by Crippen LogP contribution is 2.10. The monoisotopic (exact) mass is 273 g/mol. The molecule has 0 aliphatic rings. The predicted octanol–water partition coefficient (Wildman–Crippen LogP) is 0.291. The van der Waals surface area contributed by atoms with Crippen LogP contribution in [0.4, 0.5) is 0 Å². The fraction of sp³-hybridized carbons (Fsp3) is 0.545. The standard InChI is InChI=1S/C11H19N3O3S/c1-10(11-6-3-4-7-12-11)13-18(16,17)14(2)8-5-9-15/h3-4,6-7,10,13,15H,5,8-9H2,1-2H3. The first kappa shape index (κ1) is 15.0. The van der Waals surface area contributed by atoms with Gasteiger partial charge in [0.2, 0.25) is 0 Å². The minimum atomic E-state index is -3.55. The molecule has 1 heterocycles. The minimum Gasteiger partial charge on any atom is -0.396 e. The van der Waals surface area contributed by atoms with Gasteiger partial charge < -0.3 is 5.11 Å². The normalized spacial score (nSPS) is 13.8. The number of aliphatic hydroxyl groups excluding tert-OH is 1. The van der Waals surface area contributed by atoms with Crippen LogP contribution in [0.15, 0.2) is 24.4 Å². The van der Waals surface area contributed by atoms with Gasteiger partial charge in [0.1, 0.15) is 0 Å². The molecule has 102 valence electrons. The zero-order valence-corrected chi connectivity index (χ0v) is 11.4. The van der Waals surface area contributed by atoms with Crippen molar-refractivity contribution in [3.05, 3.63) is 30.1 Å². The van der Waals surface area contributed by atoms with Crippen LogP contribution >= 0.6 is 0 Å². The van der Waals surface area contributed by atoms with Gasteiger partial charge in [-0.05, 0) is 25.5 Å². The third kappa shape index (κ3) is 4.34. The summed E-state index contributed by atoms with van der Waals surface area (Å²) in [5, 5.41) is 8.69. The molecular formula is C11H19N3O3S. The molecule has 1 aromatic heterocycles. The Bertz CT molecular complexity index is 450. The zero-order chi connectivity index (χ0) is 13.6. The number of hydrogen-bond donors (Lipinski definition) is 2. The lowest BCUT2D eigenvalue weighted by atomic mass is 10.2. The quantitative estimate of drug-likeness (QED) is 0.748. The highest BCUT2D eigenvalue weighted by molar-refractivity contribution is 7.87. The topological polar surface area (TPSA) is 82.5 Å². The van der Waals surface area contributed by atoms with Crippen LogP contribution in [0, 0.1) is 0 Å². The third-order valence-electron chi connectivity index (χ3n) is 2.50. The summed E-state index contributed by atoms with van der Waals surface area (Å²) < 4.78 is 27.6. The molecule has 0 aliphatic heterocycles. The lowest BCUT2D eigenvalue weighted by Crippen LogP contribution is -2.40. The number of aliphatic hydroxyl groups is 1. The summed E-state index contributed by atoms with van der Waals surface area (Å²) in [6, 6.07) is 4.95. The first-order valence-corrected chi connectivity index (χ1v) is 7.16. The van der Waals surface area contributed by atoms with Crippen molar-refractivity contribution < 1.29 is 13.5 Å². The zero-order valence-electron chi connectivity index (χ0n) is 10.6. The highest BCUT2D eigenvalue weighted by atomic mass is 32.2. The van der Waals surface area contributed by atoms with Gasteiger partial charge in [-0.3, -0.25) is 4.98 Å². The van der Waals surface area contributed by atoms with Gasteiger partial charge in [0.25, 0.3) is 10.2 Å². The van der Waals surface area contributed by atoms with Crippen molar-refractivity contribution in [1.29, 1.82) is 0 Å². The molecule has 7 heteroatoms. The van der Waals surface area contributed by atoms with Crippen LogP contribution in [0.2, 0.25) is 0 Å². The number of nitrogens with zero attached hydrogens (tertiary/aromatic N) is 2. The van der Waals surface area contributed by atoms with Crippen LogP contribution in [0.3, 0.4) is 0 Å². The van der Waals surface area contributed by atoms with E-state index >= 15 is 0 Å². The predicted molar refractivity (Wildman–Crippen MR) is 69.0 cm³/mol. The molecule has 0 aromatic carbocycles. The van der Waals surface area contributed by atoms with Gasteiger partial charge in [-0.1, -0.05) is 6.07 Å². The first-order valence-electron chi connectivity index (χ1n) is 5.72. The summed E-state index contributed by atoms with van der Waals surface area (Å²) >= 11 is 0. The van der Waals surface area contributed by atoms with E-state index in [9.17, 15) is 8.42 Å². The number of aromatic nitrogens is 1. The first-order chi connectivity index (χ1) is 8.47. The molecular weight excluding hydrogens is 254 g/mol. The van der Waals surface area contributed by atoms with E-state index in [0.29, 0.717) is 12.1 Å². The Hall–Kier alpha value is -1.02. The molecule has 1 aromatic rings. The van der Waals surface area contributed by atoms with Crippen molar-refractivity contribution in [3.63, 3.8) is 0 Å². The van der Waals surface area contributed by atoms with Gasteiger partial charge in [-0.2, -0.15) is 17.4 Å². The van der Waals surface area contributed by atoms with E-state index in [1.165, 1.54) is 11.4 Å². The van der Waals surface area contributed by atoms with E-state index in [-0.39, 0.29) is 13.2 Å². The molecule has 0 saturated heterocycles. The molecule has 0 bridgehead atoms. The molecule has 18 heavy (non-hydrogen) atoms. The molecule has 0 saturated carbocycles. The Morgan fingerprint density at radius 3 is 2.78 bits per heavy atom. The molecule has 0 fully saturated rings. The van der Waals surface area contributed by atoms with Crippen molar-refractivity contribution in [2.45, 2.75) is 19.4 Å². The second-order valence-corrected chi connectivity index (χ2v) is 5.81. The Labute approximate surface area is 108 Å². The SMILES string of the molecule is CC(NS(=O)(=O)N(C)CCCO)c1ccccn1. The summed E-state index contributed by atoms with van der Waals surface area (Å²) in [6.45, 7) is 1.98. The van der Waals surface area contributed by atoms with E-state index in [1.807, 2.05) is 6.07 Å². The van der Waals surface area contributed by atoms with Gasteiger partial charge in [0.15, 0.2) is 0 Å². The van der Waals surface area contributed by atoms with Crippen molar-refractivity contribution >= 4 is 10.2 Å². The van der Waals surface area contributed by atoms with Gasteiger partial charge in [-0.25, -0.2) is 0 Å². The van der Waals surface area contributed by atoms with Crippen molar-refractivity contribution in [2.75, 3.05) is 20.2 Å². The lowest BCUT2D eigenvalue weighted by molar-refractivity contribution is 0.275. The van der Waals surface area contributed by atoms with Crippen LogP contribution in [-0.4, -0.2) is 43.0 Å². The minimum absolute atomic E-state index is 0.0321. The molecule has 0 aliphatic carbocycles. The van der Waals surface area contributed by atoms with Gasteiger partial charge >= 0.3 is 0 Å². The number of pyridine rings is 1. The highest BCUT2D eigenvalue weighted by Gasteiger charge is 2.20. The van der Waals surface area contributed by atoms with Crippen LogP contribution in [0.5, 0.6) is 0 Å². The Balaban J connectivity index is 2.65. The van der Waals surface area contributed by atoms with Crippen LogP contribution in [0.25, 0.3) is 0 Å². The summed E-state index contributed by atoms with van der Waals surface area (Å²) in [5.74, 6) is 0. The van der Waals surface area contributed by atoms with Crippen molar-refractivity contribution in [2.24, 2.45) is 0 Å². The Morgan fingerprint density at radius 2 is 2.22 bits per heavy atom. The molecule has 1 unspecified atom stereocenters. The summed E-state index contributed by atoms with van der Waals surface area (Å²) in [5.41, 5.74) is 0.664. The largest absolute Gasteiger partial charge is 0.396 e. The van der Waals surface area contributed by atoms with E-state index in [4.69, 9.17) is 5.11 Å². The molecule has 0 radical (unpaired) electrons. The Kier molecular flexibility index (Phi) is 5.67. The molecule has 2 N–H and O–H groups in total. The average Bonchev–Trinajstić information content (AvgIpc) is 2.36. The molecule has 6 nitrogen and oxygen atoms in total. The third-order valence-corrected chi connectivity index (χ3v) is 4.15. The average molecular weight is 273 g/mol. The number of rotatable bonds is 7. The summed E-state index contributed by atoms with van der Waals surface area (Å²) in [4.78, 5) is 4.10. The molecule has 1 rings (SSSR count). The van der Waals surface area contributed by atoms with E-state index < -0.39 is 16.3 Å². The maximum absolute atomic E-state index is 11.9. The van der Waals surface area contributed by atoms with Gasteiger partial charge in [0, 0.05) is 26.4 Å². The summed E-state index contributed by atoms with van der Waals surface area (Å²) in [7, 11) is -2.07. The van der Waals surface area contributed by atoms with Crippen molar-refractivity contribution in [1.82, 2.24) is 14.0 Å². The molecule has 0 amide bonds. The number of hydrogen-bond acceptors (Lipinski definition) is 4. The van der Waals surface area contributed by atoms with Gasteiger partial charge in [-0.15, -0.1) is 0 Å². The lowest BCUT2D eigenvalue weighted by Gasteiger charge is -2.20. The molecule has 1 atom stereocenters. The maximum atomic E-state index is 11.9. The van der Waals surface area contributed by atoms with Gasteiger partial charge in [0.05, 0.1) is 11.7 Å². The fourth-order valence-electron chi connectivity index (χ4n) is 1.42. The second-order valence-electron chi connectivity index (χ2n) is 4.00. The van der Waals surface area contributed by atoms with Crippen LogP contribution in [0.1, 0.15) is 25.1 Å². The van der Waals surface area contributed by atoms with Crippen LogP contribution in [-0.2, 0) is 10.2 Å². The number of nitrogens with one attached hydrogen (secondary N) is 1. The second kappa shape index (κ2) is 6.79. The van der Waals surface area contributed by atoms with Crippen LogP contribution < -0.4 is 4.72 Å².